The Balaban J connectivity index is 1.50. The summed E-state index contributed by atoms with van der Waals surface area (Å²) >= 11 is 1.47. The van der Waals surface area contributed by atoms with Gasteiger partial charge in [0.1, 0.15) is 0 Å². The Bertz CT molecular complexity index is 858. The lowest BCUT2D eigenvalue weighted by molar-refractivity contribution is -0.113. The van der Waals surface area contributed by atoms with Crippen molar-refractivity contribution in [3.05, 3.63) is 71.1 Å². The summed E-state index contributed by atoms with van der Waals surface area (Å²) in [5.41, 5.74) is 3.58. The molecular weight excluding hydrogens is 346 g/mol. The van der Waals surface area contributed by atoms with Crippen LogP contribution in [0.15, 0.2) is 57.8 Å². The zero-order valence-electron chi connectivity index (χ0n) is 14.9. The summed E-state index contributed by atoms with van der Waals surface area (Å²) in [6.07, 6.45) is 1.56. The molecule has 1 N–H and O–H groups in total. The van der Waals surface area contributed by atoms with Gasteiger partial charge in [-0.15, -0.1) is 16.9 Å². The first-order chi connectivity index (χ1) is 12.6. The van der Waals surface area contributed by atoms with Crippen LogP contribution in [0.1, 0.15) is 29.5 Å². The molecule has 3 rings (SSSR count). The molecule has 1 heterocycles. The van der Waals surface area contributed by atoms with Crippen molar-refractivity contribution in [3.63, 3.8) is 0 Å². The van der Waals surface area contributed by atoms with Crippen LogP contribution in [0.4, 0.5) is 6.01 Å². The van der Waals surface area contributed by atoms with Crippen LogP contribution in [0.3, 0.4) is 0 Å². The van der Waals surface area contributed by atoms with E-state index in [1.807, 2.05) is 31.2 Å². The van der Waals surface area contributed by atoms with Crippen molar-refractivity contribution >= 4 is 23.7 Å². The van der Waals surface area contributed by atoms with Crippen molar-refractivity contribution in [3.8, 4) is 0 Å². The summed E-state index contributed by atoms with van der Waals surface area (Å²) in [6, 6.07) is 16.5. The van der Waals surface area contributed by atoms with E-state index in [4.69, 9.17) is 4.42 Å². The van der Waals surface area contributed by atoms with Crippen LogP contribution < -0.4 is 5.32 Å². The molecule has 2 aromatic carbocycles. The fraction of sp³-hybridized carbons (Fsp3) is 0.250. The highest BCUT2D eigenvalue weighted by molar-refractivity contribution is 8.00. The molecule has 134 valence electrons. The first-order valence-electron chi connectivity index (χ1n) is 8.52. The zero-order chi connectivity index (χ0) is 18.4. The minimum Gasteiger partial charge on any atom is -0.407 e. The predicted molar refractivity (Wildman–Crippen MR) is 103 cm³/mol. The lowest BCUT2D eigenvalue weighted by Crippen LogP contribution is -2.14. The second-order valence-corrected chi connectivity index (χ2v) is 7.05. The van der Waals surface area contributed by atoms with Crippen molar-refractivity contribution in [2.45, 2.75) is 31.6 Å². The maximum absolute atomic E-state index is 12.0. The van der Waals surface area contributed by atoms with Crippen molar-refractivity contribution < 1.29 is 9.21 Å². The highest BCUT2D eigenvalue weighted by atomic mass is 32.2. The lowest BCUT2D eigenvalue weighted by Gasteiger charge is -2.02. The summed E-state index contributed by atoms with van der Waals surface area (Å²) < 4.78 is 5.52. The highest BCUT2D eigenvalue weighted by Crippen LogP contribution is 2.19. The van der Waals surface area contributed by atoms with Gasteiger partial charge in [0.15, 0.2) is 0 Å². The predicted octanol–water partition coefficient (Wildman–Crippen LogP) is 4.26. The number of hydrogen-bond donors (Lipinski definition) is 1. The molecule has 0 aliphatic carbocycles. The topological polar surface area (TPSA) is 68.0 Å². The van der Waals surface area contributed by atoms with Gasteiger partial charge in [-0.25, -0.2) is 0 Å². The van der Waals surface area contributed by atoms with Crippen LogP contribution in [-0.4, -0.2) is 21.9 Å². The molecule has 0 saturated carbocycles. The van der Waals surface area contributed by atoms with Gasteiger partial charge in [-0.05, 0) is 36.6 Å². The molecule has 0 unspecified atom stereocenters. The van der Waals surface area contributed by atoms with Crippen LogP contribution in [0.2, 0.25) is 0 Å². The minimum absolute atomic E-state index is 0.139. The molecule has 0 atom stereocenters. The molecule has 1 aromatic heterocycles. The summed E-state index contributed by atoms with van der Waals surface area (Å²) in [6.45, 7) is 4.16. The SMILES string of the molecule is CCc1ccc(Cc2nnc(NC(=O)CSc3ccc(C)cc3)o2)cc1. The van der Waals surface area contributed by atoms with Crippen molar-refractivity contribution in [1.29, 1.82) is 0 Å². The largest absolute Gasteiger partial charge is 0.407 e. The molecule has 1 amide bonds. The number of aromatic nitrogens is 2. The number of anilines is 1. The standard InChI is InChI=1S/C20H21N3O2S/c1-3-15-6-8-16(9-7-15)12-19-22-23-20(25-19)21-18(24)13-26-17-10-4-14(2)5-11-17/h4-11H,3,12-13H2,1-2H3,(H,21,23,24). The van der Waals surface area contributed by atoms with E-state index in [1.165, 1.54) is 22.9 Å². The van der Waals surface area contributed by atoms with Crippen molar-refractivity contribution in [2.75, 3.05) is 11.1 Å². The number of benzene rings is 2. The molecule has 3 aromatic rings. The van der Waals surface area contributed by atoms with Gasteiger partial charge in [0, 0.05) is 4.90 Å². The number of nitrogens with one attached hydrogen (secondary N) is 1. The quantitative estimate of drug-likeness (QED) is 0.632. The number of thioether (sulfide) groups is 1. The average Bonchev–Trinajstić information content (AvgIpc) is 3.08. The zero-order valence-corrected chi connectivity index (χ0v) is 15.7. The Morgan fingerprint density at radius 1 is 1.04 bits per heavy atom. The second kappa shape index (κ2) is 8.67. The third kappa shape index (κ3) is 5.20. The molecular formula is C20H21N3O2S. The van der Waals surface area contributed by atoms with E-state index in [2.05, 4.69) is 46.7 Å². The van der Waals surface area contributed by atoms with Crippen molar-refractivity contribution in [2.24, 2.45) is 0 Å². The molecule has 0 fully saturated rings. The number of amides is 1. The van der Waals surface area contributed by atoms with Gasteiger partial charge >= 0.3 is 6.01 Å². The third-order valence-electron chi connectivity index (χ3n) is 3.89. The van der Waals surface area contributed by atoms with E-state index in [1.54, 1.807) is 0 Å². The van der Waals surface area contributed by atoms with E-state index in [-0.39, 0.29) is 11.9 Å². The Morgan fingerprint density at radius 3 is 2.42 bits per heavy atom. The number of nitrogens with zero attached hydrogens (tertiary/aromatic N) is 2. The van der Waals surface area contributed by atoms with Crippen LogP contribution in [0, 0.1) is 6.92 Å². The van der Waals surface area contributed by atoms with Gasteiger partial charge in [0.05, 0.1) is 12.2 Å². The second-order valence-electron chi connectivity index (χ2n) is 6.00. The van der Waals surface area contributed by atoms with Crippen molar-refractivity contribution in [1.82, 2.24) is 10.2 Å². The van der Waals surface area contributed by atoms with Gasteiger partial charge in [-0.3, -0.25) is 10.1 Å². The molecule has 0 radical (unpaired) electrons. The summed E-state index contributed by atoms with van der Waals surface area (Å²) in [4.78, 5) is 13.1. The summed E-state index contributed by atoms with van der Waals surface area (Å²) in [5, 5.41) is 10.5. The normalized spacial score (nSPS) is 10.7. The molecule has 0 spiro atoms. The monoisotopic (exact) mass is 367 g/mol. The Labute approximate surface area is 157 Å². The number of rotatable bonds is 7. The number of aryl methyl sites for hydroxylation is 2. The van der Waals surface area contributed by atoms with Gasteiger partial charge in [0.25, 0.3) is 0 Å². The maximum atomic E-state index is 12.0. The van der Waals surface area contributed by atoms with E-state index in [0.717, 1.165) is 16.9 Å². The number of carbonyl (C=O) groups excluding carboxylic acids is 1. The Hall–Kier alpha value is -2.60. The molecule has 5 nitrogen and oxygen atoms in total. The average molecular weight is 367 g/mol. The summed E-state index contributed by atoms with van der Waals surface area (Å²) in [7, 11) is 0. The minimum atomic E-state index is -0.168. The molecule has 6 heteroatoms. The molecule has 0 aliphatic heterocycles. The lowest BCUT2D eigenvalue weighted by atomic mass is 10.1. The van der Waals surface area contributed by atoms with Crippen LogP contribution in [0.25, 0.3) is 0 Å². The van der Waals surface area contributed by atoms with Crippen LogP contribution >= 0.6 is 11.8 Å². The molecule has 0 aliphatic rings. The number of hydrogen-bond acceptors (Lipinski definition) is 5. The van der Waals surface area contributed by atoms with Gasteiger partial charge in [0.2, 0.25) is 11.8 Å². The Morgan fingerprint density at radius 2 is 1.73 bits per heavy atom. The van der Waals surface area contributed by atoms with Crippen LogP contribution in [-0.2, 0) is 17.6 Å². The smallest absolute Gasteiger partial charge is 0.322 e. The summed E-state index contributed by atoms with van der Waals surface area (Å²) in [5.74, 6) is 0.605. The third-order valence-corrected chi connectivity index (χ3v) is 4.90. The highest BCUT2D eigenvalue weighted by Gasteiger charge is 2.11. The first kappa shape index (κ1) is 18.2. The van der Waals surface area contributed by atoms with Gasteiger partial charge in [-0.2, -0.15) is 0 Å². The van der Waals surface area contributed by atoms with E-state index < -0.39 is 0 Å². The number of carbonyl (C=O) groups is 1. The molecule has 26 heavy (non-hydrogen) atoms. The van der Waals surface area contributed by atoms with Crippen LogP contribution in [0.5, 0.6) is 0 Å². The van der Waals surface area contributed by atoms with E-state index in [0.29, 0.717) is 18.1 Å². The van der Waals surface area contributed by atoms with E-state index in [9.17, 15) is 4.79 Å². The van der Waals surface area contributed by atoms with E-state index >= 15 is 0 Å². The first-order valence-corrected chi connectivity index (χ1v) is 9.50. The van der Waals surface area contributed by atoms with Gasteiger partial charge < -0.3 is 4.42 Å². The molecule has 0 saturated heterocycles. The molecule has 0 bridgehead atoms. The Kier molecular flexibility index (Phi) is 6.07. The fourth-order valence-corrected chi connectivity index (χ4v) is 3.08. The van der Waals surface area contributed by atoms with Gasteiger partial charge in [-0.1, -0.05) is 54.0 Å². The maximum Gasteiger partial charge on any atom is 0.322 e. The fourth-order valence-electron chi connectivity index (χ4n) is 2.38.